The van der Waals surface area contributed by atoms with Gasteiger partial charge in [-0.25, -0.2) is 9.78 Å². The Morgan fingerprint density at radius 3 is 2.53 bits per heavy atom. The Morgan fingerprint density at radius 2 is 1.79 bits per heavy atom. The number of hydrogen-bond acceptors (Lipinski definition) is 3. The molecule has 0 bridgehead atoms. The molecule has 6 nitrogen and oxygen atoms in total. The number of rotatable bonds is 1. The van der Waals surface area contributed by atoms with Crippen LogP contribution in [-0.4, -0.2) is 19.9 Å². The Hall–Kier alpha value is -2.63. The van der Waals surface area contributed by atoms with Crippen LogP contribution in [0.5, 0.6) is 0 Å². The lowest BCUT2D eigenvalue weighted by Gasteiger charge is -2.01. The van der Waals surface area contributed by atoms with Crippen LogP contribution in [0, 0.1) is 13.8 Å². The van der Waals surface area contributed by atoms with Gasteiger partial charge in [-0.3, -0.25) is 14.8 Å². The lowest BCUT2D eigenvalue weighted by molar-refractivity contribution is 1.07. The molecule has 0 aliphatic heterocycles. The highest BCUT2D eigenvalue weighted by atomic mass is 16.2. The number of hydrogen-bond donors (Lipinski definition) is 3. The number of nitrogens with one attached hydrogen (secondary N) is 3. The zero-order valence-electron chi connectivity index (χ0n) is 10.5. The van der Waals surface area contributed by atoms with Crippen molar-refractivity contribution >= 4 is 11.2 Å². The van der Waals surface area contributed by atoms with Crippen molar-refractivity contribution in [2.45, 2.75) is 13.8 Å². The van der Waals surface area contributed by atoms with Crippen LogP contribution in [0.2, 0.25) is 0 Å². The maximum absolute atomic E-state index is 11.6. The van der Waals surface area contributed by atoms with Crippen molar-refractivity contribution in [3.63, 3.8) is 0 Å². The second-order valence-electron chi connectivity index (χ2n) is 4.52. The SMILES string of the molecule is Cc1ccc(-c2nc3[nH]c(=O)[nH]c(=O)c3[nH]2)cc1C. The van der Waals surface area contributed by atoms with E-state index in [9.17, 15) is 9.59 Å². The summed E-state index contributed by atoms with van der Waals surface area (Å²) in [6.07, 6.45) is 0. The van der Waals surface area contributed by atoms with Crippen molar-refractivity contribution in [2.75, 3.05) is 0 Å². The third kappa shape index (κ3) is 1.87. The molecule has 0 radical (unpaired) electrons. The quantitative estimate of drug-likeness (QED) is 0.611. The summed E-state index contributed by atoms with van der Waals surface area (Å²) >= 11 is 0. The number of fused-ring (bicyclic) bond motifs is 1. The van der Waals surface area contributed by atoms with E-state index in [0.717, 1.165) is 11.1 Å². The van der Waals surface area contributed by atoms with Gasteiger partial charge in [-0.05, 0) is 31.0 Å². The number of benzene rings is 1. The van der Waals surface area contributed by atoms with Gasteiger partial charge in [-0.15, -0.1) is 0 Å². The van der Waals surface area contributed by atoms with Crippen molar-refractivity contribution in [3.05, 3.63) is 50.2 Å². The van der Waals surface area contributed by atoms with Gasteiger partial charge in [-0.1, -0.05) is 12.1 Å². The van der Waals surface area contributed by atoms with Crippen molar-refractivity contribution in [1.29, 1.82) is 0 Å². The van der Waals surface area contributed by atoms with E-state index in [2.05, 4.69) is 19.9 Å². The van der Waals surface area contributed by atoms with Crippen LogP contribution in [-0.2, 0) is 0 Å². The summed E-state index contributed by atoms with van der Waals surface area (Å²) in [4.78, 5) is 34.6. The normalized spacial score (nSPS) is 11.1. The molecule has 3 N–H and O–H groups in total. The Bertz CT molecular complexity index is 886. The van der Waals surface area contributed by atoms with Crippen molar-refractivity contribution in [1.82, 2.24) is 19.9 Å². The van der Waals surface area contributed by atoms with Crippen molar-refractivity contribution in [3.8, 4) is 11.4 Å². The maximum Gasteiger partial charge on any atom is 0.327 e. The predicted octanol–water partition coefficient (Wildman–Crippen LogP) is 1.22. The lowest BCUT2D eigenvalue weighted by Crippen LogP contribution is -2.21. The molecule has 3 rings (SSSR count). The minimum atomic E-state index is -0.560. The van der Waals surface area contributed by atoms with E-state index in [1.165, 1.54) is 5.56 Å². The smallest absolute Gasteiger partial charge is 0.327 e. The minimum absolute atomic E-state index is 0.266. The van der Waals surface area contributed by atoms with Gasteiger partial charge in [0.2, 0.25) is 0 Å². The van der Waals surface area contributed by atoms with Crippen LogP contribution in [0.3, 0.4) is 0 Å². The van der Waals surface area contributed by atoms with Crippen molar-refractivity contribution in [2.24, 2.45) is 0 Å². The van der Waals surface area contributed by atoms with Crippen LogP contribution in [0.25, 0.3) is 22.6 Å². The molecule has 0 saturated carbocycles. The highest BCUT2D eigenvalue weighted by Crippen LogP contribution is 2.20. The average Bonchev–Trinajstić information content (AvgIpc) is 2.76. The predicted molar refractivity (Wildman–Crippen MR) is 72.2 cm³/mol. The van der Waals surface area contributed by atoms with Crippen LogP contribution >= 0.6 is 0 Å². The van der Waals surface area contributed by atoms with Crippen LogP contribution in [0.15, 0.2) is 27.8 Å². The lowest BCUT2D eigenvalue weighted by atomic mass is 10.1. The first-order valence-corrected chi connectivity index (χ1v) is 5.84. The number of nitrogens with zero attached hydrogens (tertiary/aromatic N) is 1. The molecule has 1 aromatic carbocycles. The van der Waals surface area contributed by atoms with Gasteiger partial charge in [0.25, 0.3) is 5.56 Å². The molecule has 0 saturated heterocycles. The molecule has 0 spiro atoms. The topological polar surface area (TPSA) is 94.4 Å². The summed E-state index contributed by atoms with van der Waals surface area (Å²) in [6, 6.07) is 5.90. The molecule has 0 aliphatic rings. The Morgan fingerprint density at radius 1 is 1.00 bits per heavy atom. The third-order valence-corrected chi connectivity index (χ3v) is 3.17. The first-order valence-electron chi connectivity index (χ1n) is 5.84. The first kappa shape index (κ1) is 11.5. The van der Waals surface area contributed by atoms with Crippen LogP contribution in [0.4, 0.5) is 0 Å². The average molecular weight is 256 g/mol. The van der Waals surface area contributed by atoms with Crippen LogP contribution < -0.4 is 11.2 Å². The van der Waals surface area contributed by atoms with Gasteiger partial charge in [0.1, 0.15) is 11.3 Å². The fourth-order valence-electron chi connectivity index (χ4n) is 1.96. The van der Waals surface area contributed by atoms with E-state index < -0.39 is 11.2 Å². The summed E-state index contributed by atoms with van der Waals surface area (Å²) in [6.45, 7) is 4.04. The van der Waals surface area contributed by atoms with Gasteiger partial charge in [0, 0.05) is 5.56 Å². The van der Waals surface area contributed by atoms with Crippen molar-refractivity contribution < 1.29 is 0 Å². The van der Waals surface area contributed by atoms with Gasteiger partial charge in [-0.2, -0.15) is 0 Å². The Labute approximate surface area is 107 Å². The molecule has 0 unspecified atom stereocenters. The van der Waals surface area contributed by atoms with E-state index in [4.69, 9.17) is 0 Å². The molecular weight excluding hydrogens is 244 g/mol. The second kappa shape index (κ2) is 3.94. The third-order valence-electron chi connectivity index (χ3n) is 3.17. The largest absolute Gasteiger partial charge is 0.332 e. The van der Waals surface area contributed by atoms with Gasteiger partial charge in [0.15, 0.2) is 5.65 Å². The standard InChI is InChI=1S/C13H12N4O2/c1-6-3-4-8(5-7(6)2)10-14-9-11(15-10)16-13(19)17-12(9)18/h3-5H,1-2H3,(H3,14,15,16,17,18,19). The zero-order valence-corrected chi connectivity index (χ0v) is 10.5. The Kier molecular flexibility index (Phi) is 2.38. The van der Waals surface area contributed by atoms with Gasteiger partial charge in [0.05, 0.1) is 0 Å². The molecule has 6 heteroatoms. The van der Waals surface area contributed by atoms with E-state index in [1.54, 1.807) is 0 Å². The molecule has 2 aromatic heterocycles. The van der Waals surface area contributed by atoms with Crippen LogP contribution in [0.1, 0.15) is 11.1 Å². The molecule has 0 atom stereocenters. The van der Waals surface area contributed by atoms with Gasteiger partial charge >= 0.3 is 5.69 Å². The number of imidazole rings is 1. The molecular formula is C13H12N4O2. The molecule has 0 fully saturated rings. The molecule has 19 heavy (non-hydrogen) atoms. The van der Waals surface area contributed by atoms with E-state index in [-0.39, 0.29) is 11.2 Å². The highest BCUT2D eigenvalue weighted by Gasteiger charge is 2.09. The number of aryl methyl sites for hydroxylation is 2. The molecule has 3 aromatic rings. The maximum atomic E-state index is 11.6. The van der Waals surface area contributed by atoms with E-state index >= 15 is 0 Å². The molecule has 0 amide bonds. The zero-order chi connectivity index (χ0) is 13.6. The summed E-state index contributed by atoms with van der Waals surface area (Å²) in [5, 5.41) is 0. The summed E-state index contributed by atoms with van der Waals surface area (Å²) in [5.74, 6) is 0.561. The molecule has 96 valence electrons. The first-order chi connectivity index (χ1) is 9.04. The fraction of sp³-hybridized carbons (Fsp3) is 0.154. The molecule has 2 heterocycles. The van der Waals surface area contributed by atoms with Gasteiger partial charge < -0.3 is 4.98 Å². The van der Waals surface area contributed by atoms with E-state index in [1.807, 2.05) is 32.0 Å². The molecule has 0 aliphatic carbocycles. The highest BCUT2D eigenvalue weighted by molar-refractivity contribution is 5.74. The number of aromatic amines is 3. The summed E-state index contributed by atoms with van der Waals surface area (Å²) < 4.78 is 0. The fourth-order valence-corrected chi connectivity index (χ4v) is 1.96. The number of H-pyrrole nitrogens is 3. The second-order valence-corrected chi connectivity index (χ2v) is 4.52. The van der Waals surface area contributed by atoms with E-state index in [0.29, 0.717) is 5.82 Å². The summed E-state index contributed by atoms with van der Waals surface area (Å²) in [5.41, 5.74) is 2.71. The number of aromatic nitrogens is 4. The monoisotopic (exact) mass is 256 g/mol. The minimum Gasteiger partial charge on any atom is -0.332 e. The Balaban J connectivity index is 2.26. The summed E-state index contributed by atoms with van der Waals surface area (Å²) in [7, 11) is 0.